The van der Waals surface area contributed by atoms with Crippen LogP contribution in [-0.4, -0.2) is 48.6 Å². The Hall–Kier alpha value is -1.14. The molecule has 17 heavy (non-hydrogen) atoms. The van der Waals surface area contributed by atoms with Crippen LogP contribution in [0.5, 0.6) is 0 Å². The van der Waals surface area contributed by atoms with Crippen molar-refractivity contribution < 1.29 is 28.9 Å². The minimum absolute atomic E-state index is 0.0550. The van der Waals surface area contributed by atoms with Crippen molar-refractivity contribution in [3.63, 3.8) is 0 Å². The lowest BCUT2D eigenvalue weighted by molar-refractivity contribution is -0.198. The second kappa shape index (κ2) is 7.24. The van der Waals surface area contributed by atoms with Crippen molar-refractivity contribution in [2.45, 2.75) is 39.4 Å². The van der Waals surface area contributed by atoms with Crippen molar-refractivity contribution in [1.29, 1.82) is 0 Å². The van der Waals surface area contributed by atoms with Gasteiger partial charge in [-0.2, -0.15) is 0 Å². The number of carbonyl (C=O) groups excluding carboxylic acids is 2. The van der Waals surface area contributed by atoms with E-state index < -0.39 is 23.6 Å². The van der Waals surface area contributed by atoms with Crippen LogP contribution in [0.25, 0.3) is 0 Å². The third kappa shape index (κ3) is 3.67. The van der Waals surface area contributed by atoms with Gasteiger partial charge in [0.05, 0.1) is 13.2 Å². The number of rotatable bonds is 7. The van der Waals surface area contributed by atoms with Crippen LogP contribution in [0, 0.1) is 0 Å². The molecule has 0 aliphatic rings. The number of carbonyl (C=O) groups is 2. The molecule has 0 aromatic rings. The molecule has 0 aromatic heterocycles. The summed E-state index contributed by atoms with van der Waals surface area (Å²) in [5, 5.41) is 10.1. The van der Waals surface area contributed by atoms with Gasteiger partial charge in [0, 0.05) is 6.61 Å². The smallest absolute Gasteiger partial charge is 0.352 e. The highest BCUT2D eigenvalue weighted by Crippen LogP contribution is 2.18. The maximum atomic E-state index is 11.6. The van der Waals surface area contributed by atoms with Gasteiger partial charge < -0.3 is 19.3 Å². The molecule has 0 aliphatic heterocycles. The summed E-state index contributed by atoms with van der Waals surface area (Å²) in [4.78, 5) is 23.3. The van der Waals surface area contributed by atoms with Gasteiger partial charge in [0.2, 0.25) is 0 Å². The summed E-state index contributed by atoms with van der Waals surface area (Å²) in [6.07, 6.45) is -1.04. The Morgan fingerprint density at radius 1 is 1.06 bits per heavy atom. The highest BCUT2D eigenvalue weighted by atomic mass is 16.6. The number of ether oxygens (including phenoxy) is 3. The minimum atomic E-state index is -2.41. The van der Waals surface area contributed by atoms with Crippen LogP contribution in [0.1, 0.15) is 27.7 Å². The van der Waals surface area contributed by atoms with Gasteiger partial charge in [0.25, 0.3) is 5.60 Å². The number of aliphatic hydroxyl groups is 1. The molecule has 0 amide bonds. The van der Waals surface area contributed by atoms with Crippen molar-refractivity contribution in [3.8, 4) is 0 Å². The van der Waals surface area contributed by atoms with Crippen molar-refractivity contribution in [1.82, 2.24) is 0 Å². The Labute approximate surface area is 101 Å². The standard InChI is InChI=1S/C11H20O6/c1-5-15-8(4)11(14,9(12)16-6-2)10(13)17-7-3/h8,14H,5-7H2,1-4H3. The Bertz CT molecular complexity index is 245. The maximum absolute atomic E-state index is 11.6. The van der Waals surface area contributed by atoms with E-state index >= 15 is 0 Å². The molecule has 0 radical (unpaired) electrons. The monoisotopic (exact) mass is 248 g/mol. The Balaban J connectivity index is 5.04. The minimum Gasteiger partial charge on any atom is -0.463 e. The third-order valence-electron chi connectivity index (χ3n) is 2.18. The summed E-state index contributed by atoms with van der Waals surface area (Å²) < 4.78 is 14.4. The van der Waals surface area contributed by atoms with Crippen molar-refractivity contribution >= 4 is 11.9 Å². The average molecular weight is 248 g/mol. The highest BCUT2D eigenvalue weighted by molar-refractivity contribution is 6.04. The zero-order chi connectivity index (χ0) is 13.5. The first-order valence-corrected chi connectivity index (χ1v) is 5.63. The molecule has 0 fully saturated rings. The average Bonchev–Trinajstić information content (AvgIpc) is 2.28. The molecule has 0 rings (SSSR count). The van der Waals surface area contributed by atoms with E-state index in [1.54, 1.807) is 20.8 Å². The van der Waals surface area contributed by atoms with Gasteiger partial charge in [-0.15, -0.1) is 0 Å². The molecule has 1 atom stereocenters. The summed E-state index contributed by atoms with van der Waals surface area (Å²) in [6.45, 7) is 6.62. The second-order valence-electron chi connectivity index (χ2n) is 3.30. The third-order valence-corrected chi connectivity index (χ3v) is 2.18. The predicted octanol–water partition coefficient (Wildman–Crippen LogP) is 0.269. The van der Waals surface area contributed by atoms with Crippen molar-refractivity contribution in [2.24, 2.45) is 0 Å². The topological polar surface area (TPSA) is 82.1 Å². The quantitative estimate of drug-likeness (QED) is 0.514. The van der Waals surface area contributed by atoms with Gasteiger partial charge in [0.1, 0.15) is 6.10 Å². The fourth-order valence-electron chi connectivity index (χ4n) is 1.27. The molecule has 0 saturated heterocycles. The fraction of sp³-hybridized carbons (Fsp3) is 0.818. The van der Waals surface area contributed by atoms with Gasteiger partial charge in [-0.3, -0.25) is 0 Å². The Morgan fingerprint density at radius 2 is 1.47 bits per heavy atom. The SMILES string of the molecule is CCOC(=O)C(O)(C(=O)OCC)C(C)OCC. The highest BCUT2D eigenvalue weighted by Gasteiger charge is 2.52. The number of hydrogen-bond acceptors (Lipinski definition) is 6. The zero-order valence-corrected chi connectivity index (χ0v) is 10.7. The van der Waals surface area contributed by atoms with Gasteiger partial charge in [-0.05, 0) is 27.7 Å². The molecular weight excluding hydrogens is 228 g/mol. The molecule has 0 saturated carbocycles. The van der Waals surface area contributed by atoms with E-state index in [2.05, 4.69) is 9.47 Å². The van der Waals surface area contributed by atoms with E-state index in [4.69, 9.17) is 4.74 Å². The summed E-state index contributed by atoms with van der Waals surface area (Å²) in [7, 11) is 0. The zero-order valence-electron chi connectivity index (χ0n) is 10.7. The lowest BCUT2D eigenvalue weighted by Gasteiger charge is -2.28. The number of hydrogen-bond donors (Lipinski definition) is 1. The molecule has 0 spiro atoms. The molecule has 6 nitrogen and oxygen atoms in total. The molecule has 6 heteroatoms. The van der Waals surface area contributed by atoms with Crippen LogP contribution in [0.4, 0.5) is 0 Å². The normalized spacial score (nSPS) is 13.0. The predicted molar refractivity (Wildman–Crippen MR) is 59.3 cm³/mol. The Kier molecular flexibility index (Phi) is 6.75. The van der Waals surface area contributed by atoms with Crippen LogP contribution in [0.3, 0.4) is 0 Å². The van der Waals surface area contributed by atoms with Gasteiger partial charge in [0.15, 0.2) is 0 Å². The van der Waals surface area contributed by atoms with Gasteiger partial charge in [-0.25, -0.2) is 9.59 Å². The molecule has 0 heterocycles. The van der Waals surface area contributed by atoms with Crippen LogP contribution >= 0.6 is 0 Å². The molecule has 1 unspecified atom stereocenters. The largest absolute Gasteiger partial charge is 0.463 e. The van der Waals surface area contributed by atoms with Gasteiger partial charge >= 0.3 is 11.9 Å². The van der Waals surface area contributed by atoms with Crippen molar-refractivity contribution in [3.05, 3.63) is 0 Å². The van der Waals surface area contributed by atoms with E-state index in [1.807, 2.05) is 0 Å². The molecule has 0 aromatic carbocycles. The van der Waals surface area contributed by atoms with E-state index in [9.17, 15) is 14.7 Å². The molecule has 100 valence electrons. The van der Waals surface area contributed by atoms with Crippen LogP contribution < -0.4 is 0 Å². The second-order valence-corrected chi connectivity index (χ2v) is 3.30. The first-order valence-electron chi connectivity index (χ1n) is 5.63. The maximum Gasteiger partial charge on any atom is 0.352 e. The van der Waals surface area contributed by atoms with Crippen LogP contribution in [-0.2, 0) is 23.8 Å². The van der Waals surface area contributed by atoms with Gasteiger partial charge in [-0.1, -0.05) is 0 Å². The van der Waals surface area contributed by atoms with E-state index in [1.165, 1.54) is 6.92 Å². The first kappa shape index (κ1) is 15.9. The summed E-state index contributed by atoms with van der Waals surface area (Å²) in [5.74, 6) is -2.11. The summed E-state index contributed by atoms with van der Waals surface area (Å²) in [6, 6.07) is 0. The van der Waals surface area contributed by atoms with Crippen LogP contribution in [0.2, 0.25) is 0 Å². The molecule has 0 aliphatic carbocycles. The Morgan fingerprint density at radius 3 is 1.76 bits per heavy atom. The van der Waals surface area contributed by atoms with E-state index in [0.717, 1.165) is 0 Å². The number of esters is 2. The lowest BCUT2D eigenvalue weighted by Crippen LogP contribution is -2.57. The first-order chi connectivity index (χ1) is 7.94. The van der Waals surface area contributed by atoms with E-state index in [0.29, 0.717) is 0 Å². The molecule has 0 bridgehead atoms. The van der Waals surface area contributed by atoms with Crippen LogP contribution in [0.15, 0.2) is 0 Å². The lowest BCUT2D eigenvalue weighted by atomic mass is 9.98. The fourth-order valence-corrected chi connectivity index (χ4v) is 1.27. The van der Waals surface area contributed by atoms with E-state index in [-0.39, 0.29) is 19.8 Å². The summed E-state index contributed by atoms with van der Waals surface area (Å²) >= 11 is 0. The molecule has 1 N–H and O–H groups in total. The van der Waals surface area contributed by atoms with Crippen molar-refractivity contribution in [2.75, 3.05) is 19.8 Å². The molecular formula is C11H20O6. The summed E-state index contributed by atoms with van der Waals surface area (Å²) in [5.41, 5.74) is -2.41.